The zero-order valence-corrected chi connectivity index (χ0v) is 19.9. The molecule has 2 aromatic rings. The van der Waals surface area contributed by atoms with Gasteiger partial charge in [-0.3, -0.25) is 0 Å². The number of carbonyl (C=O) groups is 1. The van der Waals surface area contributed by atoms with Crippen LogP contribution in [0.25, 0.3) is 0 Å². The molecule has 4 N–H and O–H groups in total. The number of hydrogen-bond donors (Lipinski definition) is 4. The van der Waals surface area contributed by atoms with Crippen molar-refractivity contribution < 1.29 is 19.7 Å². The molecule has 0 saturated carbocycles. The molecule has 0 bridgehead atoms. The van der Waals surface area contributed by atoms with Gasteiger partial charge in [-0.2, -0.15) is 0 Å². The molecule has 176 valence electrons. The van der Waals surface area contributed by atoms with Crippen LogP contribution < -0.4 is 15.4 Å². The molecular formula is C26H38N2O4. The minimum absolute atomic E-state index is 0.300. The molecule has 6 nitrogen and oxygen atoms in total. The number of aliphatic hydroxyl groups is 1. The predicted molar refractivity (Wildman–Crippen MR) is 128 cm³/mol. The van der Waals surface area contributed by atoms with Crippen molar-refractivity contribution in [2.75, 3.05) is 13.1 Å². The van der Waals surface area contributed by atoms with E-state index in [1.165, 1.54) is 0 Å². The van der Waals surface area contributed by atoms with E-state index in [0.717, 1.165) is 23.4 Å². The lowest BCUT2D eigenvalue weighted by Crippen LogP contribution is -2.67. The van der Waals surface area contributed by atoms with E-state index >= 15 is 0 Å². The molecule has 0 spiro atoms. The van der Waals surface area contributed by atoms with Crippen LogP contribution in [0.5, 0.6) is 5.75 Å². The first-order chi connectivity index (χ1) is 15.0. The van der Waals surface area contributed by atoms with Gasteiger partial charge in [-0.15, -0.1) is 0 Å². The first kappa shape index (κ1) is 25.7. The second kappa shape index (κ2) is 11.3. The fourth-order valence-corrected chi connectivity index (χ4v) is 3.84. The topological polar surface area (TPSA) is 90.8 Å². The van der Waals surface area contributed by atoms with Crippen LogP contribution in [0, 0.1) is 11.3 Å². The molecule has 0 aromatic heterocycles. The highest BCUT2D eigenvalue weighted by atomic mass is 16.5. The van der Waals surface area contributed by atoms with Crippen LogP contribution in [-0.2, 0) is 13.0 Å². The molecule has 2 atom stereocenters. The number of carboxylic acid groups (broad SMARTS) is 1. The summed E-state index contributed by atoms with van der Waals surface area (Å²) in [5.41, 5.74) is 0.400. The third-order valence-electron chi connectivity index (χ3n) is 5.78. The normalized spacial score (nSPS) is 14.6. The van der Waals surface area contributed by atoms with Crippen LogP contribution in [0.3, 0.4) is 0 Å². The zero-order chi connectivity index (χ0) is 23.8. The summed E-state index contributed by atoms with van der Waals surface area (Å²) in [6.45, 7) is 11.6. The predicted octanol–water partition coefficient (Wildman–Crippen LogP) is 4.47. The lowest BCUT2D eigenvalue weighted by molar-refractivity contribution is -0.00891. The first-order valence-corrected chi connectivity index (χ1v) is 11.2. The third-order valence-corrected chi connectivity index (χ3v) is 5.78. The molecule has 0 aliphatic carbocycles. The summed E-state index contributed by atoms with van der Waals surface area (Å²) in [7, 11) is 0. The van der Waals surface area contributed by atoms with Crippen molar-refractivity contribution in [1.29, 1.82) is 0 Å². The second-order valence-electron chi connectivity index (χ2n) is 9.81. The maximum atomic E-state index is 11.7. The minimum Gasteiger partial charge on any atom is -0.489 e. The van der Waals surface area contributed by atoms with Gasteiger partial charge in [0.25, 0.3) is 0 Å². The van der Waals surface area contributed by atoms with Crippen LogP contribution >= 0.6 is 0 Å². The summed E-state index contributed by atoms with van der Waals surface area (Å²) in [6.07, 6.45) is -1.70. The largest absolute Gasteiger partial charge is 0.489 e. The van der Waals surface area contributed by atoms with Gasteiger partial charge in [0.05, 0.1) is 11.6 Å². The number of rotatable bonds is 11. The highest BCUT2D eigenvalue weighted by Crippen LogP contribution is 2.37. The summed E-state index contributed by atoms with van der Waals surface area (Å²) >= 11 is 0. The van der Waals surface area contributed by atoms with Crippen LogP contribution in [0.1, 0.15) is 45.7 Å². The van der Waals surface area contributed by atoms with Crippen LogP contribution in [0.15, 0.2) is 54.6 Å². The molecule has 32 heavy (non-hydrogen) atoms. The van der Waals surface area contributed by atoms with E-state index < -0.39 is 23.2 Å². The maximum absolute atomic E-state index is 11.7. The fourth-order valence-electron chi connectivity index (χ4n) is 3.84. The Bertz CT molecular complexity index is 831. The Hall–Kier alpha value is -2.57. The minimum atomic E-state index is -1.15. The number of ether oxygens (including phenoxy) is 1. The molecule has 0 fully saturated rings. The maximum Gasteiger partial charge on any atom is 0.405 e. The summed E-state index contributed by atoms with van der Waals surface area (Å²) in [4.78, 5) is 11.7. The molecule has 0 aliphatic rings. The van der Waals surface area contributed by atoms with Crippen LogP contribution in [0.4, 0.5) is 4.79 Å². The third kappa shape index (κ3) is 7.24. The number of amides is 1. The number of aliphatic hydroxyl groups excluding tert-OH is 1. The first-order valence-electron chi connectivity index (χ1n) is 11.2. The molecule has 0 radical (unpaired) electrons. The van der Waals surface area contributed by atoms with Crippen molar-refractivity contribution in [3.8, 4) is 5.75 Å². The highest BCUT2D eigenvalue weighted by molar-refractivity contribution is 5.66. The van der Waals surface area contributed by atoms with Gasteiger partial charge < -0.3 is 25.6 Å². The number of hydrogen-bond acceptors (Lipinski definition) is 4. The van der Waals surface area contributed by atoms with E-state index in [0.29, 0.717) is 25.5 Å². The van der Waals surface area contributed by atoms with Crippen molar-refractivity contribution >= 4 is 6.09 Å². The molecule has 1 amide bonds. The monoisotopic (exact) mass is 442 g/mol. The van der Waals surface area contributed by atoms with Crippen molar-refractivity contribution in [3.63, 3.8) is 0 Å². The molecule has 6 heteroatoms. The van der Waals surface area contributed by atoms with Gasteiger partial charge in [0.15, 0.2) is 0 Å². The van der Waals surface area contributed by atoms with Gasteiger partial charge in [-0.25, -0.2) is 4.79 Å². The molecule has 2 aromatic carbocycles. The van der Waals surface area contributed by atoms with Gasteiger partial charge in [-0.05, 0) is 47.6 Å². The van der Waals surface area contributed by atoms with Crippen molar-refractivity contribution in [3.05, 3.63) is 65.7 Å². The average molecular weight is 443 g/mol. The van der Waals surface area contributed by atoms with Gasteiger partial charge in [-0.1, -0.05) is 77.1 Å². The van der Waals surface area contributed by atoms with Crippen molar-refractivity contribution in [2.45, 2.75) is 59.3 Å². The molecule has 0 heterocycles. The van der Waals surface area contributed by atoms with Crippen molar-refractivity contribution in [2.24, 2.45) is 11.3 Å². The molecular weight excluding hydrogens is 404 g/mol. The Morgan fingerprint density at radius 2 is 1.59 bits per heavy atom. The standard InChI is InChI=1S/C26H38N2O4/c1-19(2)16-27-17-23(29)26(25(3,4)5,28-24(30)31)15-20-11-13-22(14-12-20)32-18-21-9-7-6-8-10-21/h6-14,19,23,27-29H,15-18H2,1-5H3,(H,30,31)/t23-,26-/m1/s1. The Labute approximate surface area is 192 Å². The summed E-state index contributed by atoms with van der Waals surface area (Å²) in [5, 5.41) is 26.7. The van der Waals surface area contributed by atoms with E-state index in [1.807, 2.05) is 75.4 Å². The van der Waals surface area contributed by atoms with Gasteiger partial charge in [0, 0.05) is 6.54 Å². The number of benzene rings is 2. The number of nitrogens with one attached hydrogen (secondary N) is 2. The van der Waals surface area contributed by atoms with Crippen LogP contribution in [0.2, 0.25) is 0 Å². The molecule has 2 rings (SSSR count). The second-order valence-corrected chi connectivity index (χ2v) is 9.81. The molecule has 0 saturated heterocycles. The lowest BCUT2D eigenvalue weighted by atomic mass is 9.66. The van der Waals surface area contributed by atoms with E-state index in [1.54, 1.807) is 0 Å². The Kier molecular flexibility index (Phi) is 9.10. The summed E-state index contributed by atoms with van der Waals surface area (Å²) < 4.78 is 5.86. The quantitative estimate of drug-likeness (QED) is 0.412. The Morgan fingerprint density at radius 1 is 0.969 bits per heavy atom. The SMILES string of the molecule is CC(C)CNC[C@@H](O)[C@@](Cc1ccc(OCc2ccccc2)cc1)(NC(=O)O)C(C)(C)C. The fraction of sp³-hybridized carbons (Fsp3) is 0.500. The smallest absolute Gasteiger partial charge is 0.405 e. The van der Waals surface area contributed by atoms with E-state index in [-0.39, 0.29) is 0 Å². The highest BCUT2D eigenvalue weighted by Gasteiger charge is 2.48. The van der Waals surface area contributed by atoms with E-state index in [4.69, 9.17) is 4.74 Å². The average Bonchev–Trinajstić information content (AvgIpc) is 2.72. The van der Waals surface area contributed by atoms with E-state index in [2.05, 4.69) is 24.5 Å². The van der Waals surface area contributed by atoms with E-state index in [9.17, 15) is 15.0 Å². The lowest BCUT2D eigenvalue weighted by Gasteiger charge is -2.48. The van der Waals surface area contributed by atoms with Crippen LogP contribution in [-0.4, -0.2) is 41.0 Å². The van der Waals surface area contributed by atoms with Gasteiger partial charge >= 0.3 is 6.09 Å². The Morgan fingerprint density at radius 3 is 2.12 bits per heavy atom. The van der Waals surface area contributed by atoms with Crippen molar-refractivity contribution in [1.82, 2.24) is 10.6 Å². The summed E-state index contributed by atoms with van der Waals surface area (Å²) in [5.74, 6) is 1.17. The molecule has 0 aliphatic heterocycles. The van der Waals surface area contributed by atoms with Gasteiger partial charge in [0.1, 0.15) is 12.4 Å². The molecule has 0 unspecified atom stereocenters. The Balaban J connectivity index is 2.19. The summed E-state index contributed by atoms with van der Waals surface area (Å²) in [6, 6.07) is 17.6. The van der Waals surface area contributed by atoms with Gasteiger partial charge in [0.2, 0.25) is 0 Å². The zero-order valence-electron chi connectivity index (χ0n) is 19.9.